The number of aromatic nitrogens is 6. The molecule has 4 aromatic rings. The minimum Gasteiger partial charge on any atom is -0.294 e. The molecule has 0 aromatic carbocycles. The van der Waals surface area contributed by atoms with Gasteiger partial charge in [-0.2, -0.15) is 10.2 Å². The van der Waals surface area contributed by atoms with Crippen LogP contribution in [0.5, 0.6) is 0 Å². The molecule has 1 saturated carbocycles. The molecule has 7 heteroatoms. The standard InChI is InChI=1S/C26H30N6O/c1-17(2)19-6-8-21(9-7-19)32-16-20(25(30-32)23-10-5-18(3)14-28-23)13-24(33)22-15-29-31-12-4-11-27-26(22)31/h4-5,10-12,14-17,19,21H,6-9,13H2,1-3H3. The molecule has 0 saturated heterocycles. The van der Waals surface area contributed by atoms with Gasteiger partial charge in [0, 0.05) is 36.8 Å². The van der Waals surface area contributed by atoms with Crippen molar-refractivity contribution in [1.82, 2.24) is 29.4 Å². The minimum absolute atomic E-state index is 0.0138. The van der Waals surface area contributed by atoms with Crippen LogP contribution in [0, 0.1) is 18.8 Å². The van der Waals surface area contributed by atoms with Crippen molar-refractivity contribution < 1.29 is 4.79 Å². The maximum atomic E-state index is 13.3. The minimum atomic E-state index is -0.0138. The van der Waals surface area contributed by atoms with E-state index in [1.54, 1.807) is 29.2 Å². The average Bonchev–Trinajstić information content (AvgIpc) is 3.44. The van der Waals surface area contributed by atoms with E-state index in [0.29, 0.717) is 17.3 Å². The van der Waals surface area contributed by atoms with Gasteiger partial charge in [0.25, 0.3) is 0 Å². The molecular formula is C26H30N6O. The number of fused-ring (bicyclic) bond motifs is 1. The van der Waals surface area contributed by atoms with Crippen LogP contribution in [0.4, 0.5) is 0 Å². The molecule has 170 valence electrons. The Labute approximate surface area is 193 Å². The first-order valence-corrected chi connectivity index (χ1v) is 11.8. The number of pyridine rings is 1. The van der Waals surface area contributed by atoms with E-state index in [4.69, 9.17) is 5.10 Å². The fourth-order valence-electron chi connectivity index (χ4n) is 4.89. The number of carbonyl (C=O) groups excluding carboxylic acids is 1. The second-order valence-electron chi connectivity index (χ2n) is 9.56. The summed E-state index contributed by atoms with van der Waals surface area (Å²) in [6, 6.07) is 6.19. The first-order chi connectivity index (χ1) is 16.0. The highest BCUT2D eigenvalue weighted by molar-refractivity contribution is 6.02. The van der Waals surface area contributed by atoms with Gasteiger partial charge in [-0.3, -0.25) is 14.5 Å². The number of nitrogens with zero attached hydrogens (tertiary/aromatic N) is 6. The van der Waals surface area contributed by atoms with E-state index in [-0.39, 0.29) is 12.2 Å². The number of aryl methyl sites for hydroxylation is 1. The number of hydrogen-bond donors (Lipinski definition) is 0. The number of rotatable bonds is 6. The fourth-order valence-corrected chi connectivity index (χ4v) is 4.89. The summed E-state index contributed by atoms with van der Waals surface area (Å²) in [5.41, 5.74) is 4.70. The van der Waals surface area contributed by atoms with Crippen molar-refractivity contribution >= 4 is 11.4 Å². The van der Waals surface area contributed by atoms with Crippen molar-refractivity contribution in [2.24, 2.45) is 11.8 Å². The van der Waals surface area contributed by atoms with Crippen LogP contribution in [0.1, 0.15) is 67.1 Å². The molecule has 1 aliphatic carbocycles. The highest BCUT2D eigenvalue weighted by Gasteiger charge is 2.27. The van der Waals surface area contributed by atoms with Crippen LogP contribution >= 0.6 is 0 Å². The lowest BCUT2D eigenvalue weighted by Gasteiger charge is -2.31. The number of hydrogen-bond acceptors (Lipinski definition) is 5. The van der Waals surface area contributed by atoms with Crippen molar-refractivity contribution in [2.45, 2.75) is 58.9 Å². The molecule has 33 heavy (non-hydrogen) atoms. The van der Waals surface area contributed by atoms with Crippen LogP contribution < -0.4 is 0 Å². The van der Waals surface area contributed by atoms with Crippen LogP contribution in [-0.2, 0) is 6.42 Å². The smallest absolute Gasteiger partial charge is 0.172 e. The van der Waals surface area contributed by atoms with Crippen LogP contribution in [0.2, 0.25) is 0 Å². The summed E-state index contributed by atoms with van der Waals surface area (Å²) in [5, 5.41) is 9.24. The van der Waals surface area contributed by atoms with Gasteiger partial charge in [0.2, 0.25) is 0 Å². The lowest BCUT2D eigenvalue weighted by Crippen LogP contribution is -2.21. The molecular weight excluding hydrogens is 412 g/mol. The molecule has 0 bridgehead atoms. The van der Waals surface area contributed by atoms with Gasteiger partial charge in [-0.1, -0.05) is 19.9 Å². The quantitative estimate of drug-likeness (QED) is 0.388. The lowest BCUT2D eigenvalue weighted by molar-refractivity contribution is 0.0994. The topological polar surface area (TPSA) is 78.0 Å². The Hall–Kier alpha value is -3.35. The summed E-state index contributed by atoms with van der Waals surface area (Å²) >= 11 is 0. The van der Waals surface area contributed by atoms with E-state index in [0.717, 1.165) is 47.2 Å². The molecule has 0 radical (unpaired) electrons. The molecule has 0 amide bonds. The largest absolute Gasteiger partial charge is 0.294 e. The second kappa shape index (κ2) is 8.89. The zero-order valence-corrected chi connectivity index (χ0v) is 19.5. The summed E-state index contributed by atoms with van der Waals surface area (Å²) in [7, 11) is 0. The van der Waals surface area contributed by atoms with Crippen molar-refractivity contribution in [3.8, 4) is 11.4 Å². The Morgan fingerprint density at radius 1 is 1.12 bits per heavy atom. The monoisotopic (exact) mass is 442 g/mol. The highest BCUT2D eigenvalue weighted by Crippen LogP contribution is 2.36. The molecule has 0 atom stereocenters. The molecule has 0 N–H and O–H groups in total. The number of ketones is 1. The lowest BCUT2D eigenvalue weighted by atomic mass is 9.80. The summed E-state index contributed by atoms with van der Waals surface area (Å²) < 4.78 is 3.72. The van der Waals surface area contributed by atoms with E-state index < -0.39 is 0 Å². The zero-order chi connectivity index (χ0) is 22.9. The SMILES string of the molecule is Cc1ccc(-c2nn(C3CCC(C(C)C)CC3)cc2CC(=O)c2cnn3cccnc23)nc1. The Balaban J connectivity index is 1.46. The molecule has 5 rings (SSSR count). The van der Waals surface area contributed by atoms with E-state index in [2.05, 4.69) is 39.8 Å². The Kier molecular flexibility index (Phi) is 5.79. The first kappa shape index (κ1) is 21.5. The average molecular weight is 443 g/mol. The van der Waals surface area contributed by atoms with Gasteiger partial charge in [0.15, 0.2) is 11.4 Å². The van der Waals surface area contributed by atoms with Crippen molar-refractivity contribution in [3.05, 3.63) is 65.9 Å². The maximum Gasteiger partial charge on any atom is 0.172 e. The molecule has 7 nitrogen and oxygen atoms in total. The van der Waals surface area contributed by atoms with Crippen molar-refractivity contribution in [3.63, 3.8) is 0 Å². The van der Waals surface area contributed by atoms with Gasteiger partial charge in [0.1, 0.15) is 5.69 Å². The van der Waals surface area contributed by atoms with E-state index >= 15 is 0 Å². The molecule has 0 spiro atoms. The summed E-state index contributed by atoms with van der Waals surface area (Å²) in [5.74, 6) is 1.50. The Morgan fingerprint density at radius 2 is 1.94 bits per heavy atom. The summed E-state index contributed by atoms with van der Waals surface area (Å²) in [4.78, 5) is 22.2. The number of Topliss-reactive ketones (excluding diaryl/α,β-unsaturated/α-hetero) is 1. The van der Waals surface area contributed by atoms with Gasteiger partial charge in [-0.25, -0.2) is 9.50 Å². The van der Waals surface area contributed by atoms with Gasteiger partial charge < -0.3 is 0 Å². The molecule has 4 aromatic heterocycles. The second-order valence-corrected chi connectivity index (χ2v) is 9.56. The number of carbonyl (C=O) groups is 1. The van der Waals surface area contributed by atoms with E-state index in [9.17, 15) is 4.79 Å². The summed E-state index contributed by atoms with van der Waals surface area (Å²) in [6.45, 7) is 6.66. The molecule has 4 heterocycles. The van der Waals surface area contributed by atoms with E-state index in [1.165, 1.54) is 12.8 Å². The van der Waals surface area contributed by atoms with Gasteiger partial charge in [-0.15, -0.1) is 0 Å². The van der Waals surface area contributed by atoms with Crippen LogP contribution in [-0.4, -0.2) is 35.1 Å². The van der Waals surface area contributed by atoms with Crippen molar-refractivity contribution in [2.75, 3.05) is 0 Å². The van der Waals surface area contributed by atoms with E-state index in [1.807, 2.05) is 25.3 Å². The van der Waals surface area contributed by atoms with Crippen LogP contribution in [0.25, 0.3) is 17.0 Å². The third-order valence-electron chi connectivity index (χ3n) is 6.95. The molecule has 1 fully saturated rings. The normalized spacial score (nSPS) is 18.8. The Bertz CT molecular complexity index is 1260. The molecule has 0 unspecified atom stereocenters. The first-order valence-electron chi connectivity index (χ1n) is 11.8. The van der Waals surface area contributed by atoms with Crippen molar-refractivity contribution in [1.29, 1.82) is 0 Å². The predicted octanol–water partition coefficient (Wildman–Crippen LogP) is 5.11. The molecule has 1 aliphatic rings. The van der Waals surface area contributed by atoms with Gasteiger partial charge >= 0.3 is 0 Å². The third kappa shape index (κ3) is 4.32. The van der Waals surface area contributed by atoms with Gasteiger partial charge in [-0.05, 0) is 62.1 Å². The zero-order valence-electron chi connectivity index (χ0n) is 19.5. The third-order valence-corrected chi connectivity index (χ3v) is 6.95. The van der Waals surface area contributed by atoms with Crippen LogP contribution in [0.3, 0.4) is 0 Å². The molecule has 0 aliphatic heterocycles. The predicted molar refractivity (Wildman–Crippen MR) is 127 cm³/mol. The maximum absolute atomic E-state index is 13.3. The van der Waals surface area contributed by atoms with Gasteiger partial charge in [0.05, 0.1) is 23.5 Å². The summed E-state index contributed by atoms with van der Waals surface area (Å²) in [6.07, 6.45) is 13.9. The highest BCUT2D eigenvalue weighted by atomic mass is 16.1. The fraction of sp³-hybridized carbons (Fsp3) is 0.423. The van der Waals surface area contributed by atoms with Crippen LogP contribution in [0.15, 0.2) is 49.2 Å². The Morgan fingerprint density at radius 3 is 2.67 bits per heavy atom.